The van der Waals surface area contributed by atoms with Crippen molar-refractivity contribution < 1.29 is 9.53 Å². The van der Waals surface area contributed by atoms with Crippen molar-refractivity contribution >= 4 is 34.3 Å². The molecule has 0 aromatic heterocycles. The highest BCUT2D eigenvalue weighted by Crippen LogP contribution is 2.32. The third-order valence-electron chi connectivity index (χ3n) is 3.14. The van der Waals surface area contributed by atoms with Gasteiger partial charge in [-0.1, -0.05) is 49.3 Å². The Morgan fingerprint density at radius 1 is 1.18 bits per heavy atom. The lowest BCUT2D eigenvalue weighted by atomic mass is 10.0. The zero-order valence-corrected chi connectivity index (χ0v) is 14.3. The van der Waals surface area contributed by atoms with Crippen LogP contribution in [0.15, 0.2) is 42.5 Å². The van der Waals surface area contributed by atoms with Crippen molar-refractivity contribution in [3.63, 3.8) is 0 Å². The summed E-state index contributed by atoms with van der Waals surface area (Å²) < 4.78 is 5.78. The molecule has 2 aromatic carbocycles. The van der Waals surface area contributed by atoms with Crippen molar-refractivity contribution in [2.45, 2.75) is 19.8 Å². The number of benzene rings is 2. The van der Waals surface area contributed by atoms with E-state index in [2.05, 4.69) is 19.2 Å². The Bertz CT molecular complexity index is 656. The third kappa shape index (κ3) is 4.42. The van der Waals surface area contributed by atoms with Gasteiger partial charge in [0.05, 0.1) is 5.02 Å². The van der Waals surface area contributed by atoms with Crippen LogP contribution in [0.25, 0.3) is 0 Å². The Labute approximate surface area is 140 Å². The molecule has 0 heterocycles. The Balaban J connectivity index is 2.11. The van der Waals surface area contributed by atoms with Crippen LogP contribution in [0, 0.1) is 0 Å². The molecular weight excluding hydrogens is 318 g/mol. The average Bonchev–Trinajstić information content (AvgIpc) is 2.50. The molecule has 3 nitrogen and oxygen atoms in total. The van der Waals surface area contributed by atoms with Gasteiger partial charge >= 0.3 is 0 Å². The molecule has 0 saturated carbocycles. The maximum absolute atomic E-state index is 11.3. The minimum Gasteiger partial charge on any atom is -0.456 e. The molecule has 1 N–H and O–H groups in total. The maximum atomic E-state index is 11.3. The van der Waals surface area contributed by atoms with E-state index in [1.165, 1.54) is 5.56 Å². The van der Waals surface area contributed by atoms with Gasteiger partial charge < -0.3 is 10.1 Å². The highest BCUT2D eigenvalue weighted by atomic mass is 35.5. The van der Waals surface area contributed by atoms with Gasteiger partial charge in [0.2, 0.25) is 0 Å². The zero-order valence-electron chi connectivity index (χ0n) is 12.7. The van der Waals surface area contributed by atoms with Crippen LogP contribution in [-0.4, -0.2) is 11.5 Å². The summed E-state index contributed by atoms with van der Waals surface area (Å²) in [6.07, 6.45) is 1.72. The van der Waals surface area contributed by atoms with Gasteiger partial charge in [0.15, 0.2) is 0 Å². The number of hydrogen-bond acceptors (Lipinski definition) is 3. The molecule has 0 spiro atoms. The summed E-state index contributed by atoms with van der Waals surface area (Å²) in [4.78, 5) is 11.3. The average molecular weight is 336 g/mol. The number of rotatable bonds is 4. The van der Waals surface area contributed by atoms with Gasteiger partial charge in [-0.3, -0.25) is 4.79 Å². The largest absolute Gasteiger partial charge is 0.456 e. The monoisotopic (exact) mass is 335 g/mol. The second-order valence-corrected chi connectivity index (χ2v) is 6.27. The highest BCUT2D eigenvalue weighted by molar-refractivity contribution is 8.13. The van der Waals surface area contributed by atoms with Gasteiger partial charge in [-0.15, -0.1) is 0 Å². The van der Waals surface area contributed by atoms with Crippen molar-refractivity contribution in [2.24, 2.45) is 0 Å². The van der Waals surface area contributed by atoms with E-state index in [-0.39, 0.29) is 5.24 Å². The van der Waals surface area contributed by atoms with Crippen LogP contribution in [-0.2, 0) is 0 Å². The van der Waals surface area contributed by atoms with Crippen LogP contribution in [0.1, 0.15) is 25.3 Å². The molecule has 0 radical (unpaired) electrons. The lowest BCUT2D eigenvalue weighted by Crippen LogP contribution is -2.03. The summed E-state index contributed by atoms with van der Waals surface area (Å²) in [5, 5.41) is 3.05. The molecule has 0 saturated heterocycles. The van der Waals surface area contributed by atoms with Crippen LogP contribution in [0.3, 0.4) is 0 Å². The Morgan fingerprint density at radius 3 is 2.41 bits per heavy atom. The first kappa shape index (κ1) is 16.7. The third-order valence-corrected chi connectivity index (χ3v) is 3.91. The topological polar surface area (TPSA) is 38.3 Å². The second-order valence-electron chi connectivity index (χ2n) is 5.09. The molecule has 0 aliphatic heterocycles. The molecule has 116 valence electrons. The molecule has 1 amide bonds. The predicted octanol–water partition coefficient (Wildman–Crippen LogP) is 6.15. The fourth-order valence-corrected chi connectivity index (χ4v) is 2.32. The molecule has 0 aliphatic rings. The van der Waals surface area contributed by atoms with Crippen LogP contribution < -0.4 is 10.1 Å². The second kappa shape index (κ2) is 7.56. The summed E-state index contributed by atoms with van der Waals surface area (Å²) in [5.74, 6) is 1.77. The van der Waals surface area contributed by atoms with Gasteiger partial charge in [0.25, 0.3) is 5.24 Å². The van der Waals surface area contributed by atoms with Gasteiger partial charge in [-0.25, -0.2) is 0 Å². The van der Waals surface area contributed by atoms with Crippen molar-refractivity contribution in [2.75, 3.05) is 11.6 Å². The lowest BCUT2D eigenvalue weighted by Gasteiger charge is -2.11. The number of thioether (sulfide) groups is 1. The fraction of sp³-hybridized carbons (Fsp3) is 0.235. The lowest BCUT2D eigenvalue weighted by molar-refractivity contribution is 0.270. The summed E-state index contributed by atoms with van der Waals surface area (Å²) in [6.45, 7) is 4.29. The number of carbonyl (C=O) groups is 1. The zero-order chi connectivity index (χ0) is 16.1. The smallest absolute Gasteiger partial charge is 0.283 e. The van der Waals surface area contributed by atoms with E-state index in [9.17, 15) is 4.79 Å². The van der Waals surface area contributed by atoms with Crippen molar-refractivity contribution in [3.05, 3.63) is 53.1 Å². The van der Waals surface area contributed by atoms with Crippen LogP contribution in [0.5, 0.6) is 11.5 Å². The van der Waals surface area contributed by atoms with Gasteiger partial charge in [-0.05, 0) is 48.1 Å². The molecule has 0 aliphatic carbocycles. The highest BCUT2D eigenvalue weighted by Gasteiger charge is 2.07. The van der Waals surface area contributed by atoms with E-state index in [1.807, 2.05) is 24.3 Å². The number of amides is 1. The molecular formula is C17H18ClNO2S. The maximum Gasteiger partial charge on any atom is 0.283 e. The van der Waals surface area contributed by atoms with E-state index < -0.39 is 0 Å². The minimum atomic E-state index is -0.131. The molecule has 0 fully saturated rings. The van der Waals surface area contributed by atoms with Gasteiger partial charge in [0.1, 0.15) is 11.5 Å². The first-order valence-corrected chi connectivity index (χ1v) is 8.52. The van der Waals surface area contributed by atoms with E-state index in [0.717, 1.165) is 17.5 Å². The summed E-state index contributed by atoms with van der Waals surface area (Å²) in [5.41, 5.74) is 1.90. The minimum absolute atomic E-state index is 0.131. The quantitative estimate of drug-likeness (QED) is 0.728. The van der Waals surface area contributed by atoms with E-state index in [4.69, 9.17) is 16.3 Å². The van der Waals surface area contributed by atoms with Gasteiger partial charge in [0, 0.05) is 5.69 Å². The number of nitrogens with one attached hydrogen (secondary N) is 1. The molecule has 2 aromatic rings. The molecule has 5 heteroatoms. The van der Waals surface area contributed by atoms with Crippen molar-refractivity contribution in [3.8, 4) is 11.5 Å². The Hall–Kier alpha value is -1.65. The molecule has 0 unspecified atom stereocenters. The molecule has 0 atom stereocenters. The molecule has 0 bridgehead atoms. The van der Waals surface area contributed by atoms with Crippen LogP contribution >= 0.6 is 23.4 Å². The SMILES string of the molecule is CSC(=O)Nc1ccc(Oc2ccc(C(C)C)cc2)c(Cl)c1. The first-order chi connectivity index (χ1) is 10.5. The normalized spacial score (nSPS) is 10.6. The molecule has 2 rings (SSSR count). The fourth-order valence-electron chi connectivity index (χ4n) is 1.88. The van der Waals surface area contributed by atoms with E-state index in [0.29, 0.717) is 22.4 Å². The summed E-state index contributed by atoms with van der Waals surface area (Å²) >= 11 is 7.32. The number of halogens is 1. The number of hydrogen-bond donors (Lipinski definition) is 1. The number of anilines is 1. The van der Waals surface area contributed by atoms with Crippen LogP contribution in [0.2, 0.25) is 5.02 Å². The van der Waals surface area contributed by atoms with E-state index >= 15 is 0 Å². The Kier molecular flexibility index (Phi) is 5.75. The predicted molar refractivity (Wildman–Crippen MR) is 94.6 cm³/mol. The summed E-state index contributed by atoms with van der Waals surface area (Å²) in [6, 6.07) is 13.1. The first-order valence-electron chi connectivity index (χ1n) is 6.92. The standard InChI is InChI=1S/C17H18ClNO2S/c1-11(2)12-4-7-14(8-5-12)21-16-9-6-13(10-15(16)18)19-17(20)22-3/h4-11H,1-3H3,(H,19,20). The van der Waals surface area contributed by atoms with E-state index in [1.54, 1.807) is 24.5 Å². The Morgan fingerprint density at radius 2 is 1.86 bits per heavy atom. The van der Waals surface area contributed by atoms with Crippen LogP contribution in [0.4, 0.5) is 10.5 Å². The number of carbonyl (C=O) groups excluding carboxylic acids is 1. The van der Waals surface area contributed by atoms with Crippen molar-refractivity contribution in [1.29, 1.82) is 0 Å². The van der Waals surface area contributed by atoms with Gasteiger partial charge in [-0.2, -0.15) is 0 Å². The molecule has 22 heavy (non-hydrogen) atoms. The number of ether oxygens (including phenoxy) is 1. The van der Waals surface area contributed by atoms with Crippen molar-refractivity contribution in [1.82, 2.24) is 0 Å². The summed E-state index contributed by atoms with van der Waals surface area (Å²) in [7, 11) is 0.